The Bertz CT molecular complexity index is 1570. The summed E-state index contributed by atoms with van der Waals surface area (Å²) in [5, 5.41) is 30.6. The van der Waals surface area contributed by atoms with Crippen molar-refractivity contribution in [1.82, 2.24) is 24.5 Å². The number of carbonyl (C=O) groups is 1. The number of nitriles is 1. The Morgan fingerprint density at radius 1 is 1.32 bits per heavy atom. The highest BCUT2D eigenvalue weighted by Gasteiger charge is 2.32. The van der Waals surface area contributed by atoms with E-state index in [0.717, 1.165) is 21.9 Å². The molecule has 190 valence electrons. The van der Waals surface area contributed by atoms with Gasteiger partial charge in [-0.15, -0.1) is 0 Å². The van der Waals surface area contributed by atoms with Gasteiger partial charge in [-0.3, -0.25) is 18.8 Å². The minimum Gasteiger partial charge on any atom is -0.501 e. The van der Waals surface area contributed by atoms with E-state index < -0.39 is 40.6 Å². The summed E-state index contributed by atoms with van der Waals surface area (Å²) in [6.07, 6.45) is 4.10. The SMILES string of the molecule is CCn1ncc([C@@H](c2ccc(F)cc2C#N)[C@H](C)c2nc(C(=O)Nc3cnoc3)c(O)c(=O)n2C)c1C. The minimum absolute atomic E-state index is 0.120. The van der Waals surface area contributed by atoms with Gasteiger partial charge in [0.1, 0.15) is 23.6 Å². The largest absolute Gasteiger partial charge is 0.501 e. The summed E-state index contributed by atoms with van der Waals surface area (Å²) < 4.78 is 21.6. The molecule has 4 aromatic rings. The van der Waals surface area contributed by atoms with Crippen molar-refractivity contribution in [2.45, 2.75) is 39.2 Å². The van der Waals surface area contributed by atoms with Gasteiger partial charge >= 0.3 is 0 Å². The molecule has 1 aromatic carbocycles. The van der Waals surface area contributed by atoms with Crippen molar-refractivity contribution in [2.75, 3.05) is 5.32 Å². The van der Waals surface area contributed by atoms with Crippen LogP contribution in [0.25, 0.3) is 0 Å². The Morgan fingerprint density at radius 2 is 2.08 bits per heavy atom. The number of amides is 1. The number of aromatic hydroxyl groups is 1. The highest BCUT2D eigenvalue weighted by Crippen LogP contribution is 2.40. The fraction of sp³-hybridized carbons (Fsp3) is 0.280. The maximum Gasteiger partial charge on any atom is 0.296 e. The average Bonchev–Trinajstić information content (AvgIpc) is 3.53. The van der Waals surface area contributed by atoms with Crippen molar-refractivity contribution in [1.29, 1.82) is 5.26 Å². The number of carbonyl (C=O) groups excluding carboxylic acids is 1. The van der Waals surface area contributed by atoms with Crippen molar-refractivity contribution in [3.8, 4) is 11.8 Å². The molecule has 0 aliphatic carbocycles. The molecular weight excluding hydrogens is 481 g/mol. The molecule has 0 aliphatic rings. The van der Waals surface area contributed by atoms with E-state index in [1.807, 2.05) is 19.9 Å². The van der Waals surface area contributed by atoms with E-state index in [9.17, 15) is 24.3 Å². The van der Waals surface area contributed by atoms with Gasteiger partial charge in [0, 0.05) is 36.7 Å². The third-order valence-electron chi connectivity index (χ3n) is 6.36. The van der Waals surface area contributed by atoms with Crippen LogP contribution in [0, 0.1) is 24.1 Å². The maximum absolute atomic E-state index is 14.0. The number of nitrogens with one attached hydrogen (secondary N) is 1. The van der Waals surface area contributed by atoms with Crippen LogP contribution in [0.4, 0.5) is 10.1 Å². The lowest BCUT2D eigenvalue weighted by Gasteiger charge is -2.27. The van der Waals surface area contributed by atoms with Gasteiger partial charge < -0.3 is 14.9 Å². The number of anilines is 1. The van der Waals surface area contributed by atoms with Crippen molar-refractivity contribution in [3.05, 3.63) is 86.9 Å². The first-order chi connectivity index (χ1) is 17.7. The van der Waals surface area contributed by atoms with E-state index in [2.05, 4.69) is 20.6 Å². The molecule has 0 aliphatic heterocycles. The fourth-order valence-electron chi connectivity index (χ4n) is 4.47. The summed E-state index contributed by atoms with van der Waals surface area (Å²) in [4.78, 5) is 30.2. The first kappa shape index (κ1) is 25.3. The van der Waals surface area contributed by atoms with E-state index >= 15 is 0 Å². The zero-order valence-corrected chi connectivity index (χ0v) is 20.6. The van der Waals surface area contributed by atoms with Gasteiger partial charge in [0.2, 0.25) is 5.75 Å². The Hall–Kier alpha value is -4.79. The number of halogens is 1. The van der Waals surface area contributed by atoms with Crippen LogP contribution in [0.3, 0.4) is 0 Å². The molecule has 12 heteroatoms. The van der Waals surface area contributed by atoms with E-state index in [1.165, 1.54) is 31.6 Å². The number of benzene rings is 1. The molecule has 11 nitrogen and oxygen atoms in total. The van der Waals surface area contributed by atoms with Gasteiger partial charge in [0.05, 0.1) is 24.0 Å². The Labute approximate surface area is 210 Å². The van der Waals surface area contributed by atoms with Crippen molar-refractivity contribution >= 4 is 11.6 Å². The minimum atomic E-state index is -0.835. The molecule has 0 spiro atoms. The van der Waals surface area contributed by atoms with Crippen molar-refractivity contribution in [3.63, 3.8) is 0 Å². The molecule has 0 saturated heterocycles. The molecule has 0 fully saturated rings. The second kappa shape index (κ2) is 10.1. The molecule has 3 aromatic heterocycles. The van der Waals surface area contributed by atoms with Crippen LogP contribution in [-0.4, -0.2) is 35.5 Å². The molecule has 4 rings (SSSR count). The first-order valence-corrected chi connectivity index (χ1v) is 11.4. The topological polar surface area (TPSA) is 152 Å². The molecule has 0 unspecified atom stereocenters. The predicted molar refractivity (Wildman–Crippen MR) is 130 cm³/mol. The van der Waals surface area contributed by atoms with Gasteiger partial charge in [-0.25, -0.2) is 9.37 Å². The van der Waals surface area contributed by atoms with Crippen LogP contribution in [-0.2, 0) is 13.6 Å². The van der Waals surface area contributed by atoms with Gasteiger partial charge in [-0.05, 0) is 31.5 Å². The molecule has 1 amide bonds. The van der Waals surface area contributed by atoms with Crippen molar-refractivity contribution in [2.24, 2.45) is 7.05 Å². The van der Waals surface area contributed by atoms with Crippen LogP contribution in [0.1, 0.15) is 64.4 Å². The second-order valence-electron chi connectivity index (χ2n) is 8.51. The summed E-state index contributed by atoms with van der Waals surface area (Å²) in [7, 11) is 1.43. The lowest BCUT2D eigenvalue weighted by atomic mass is 9.79. The second-order valence-corrected chi connectivity index (χ2v) is 8.51. The quantitative estimate of drug-likeness (QED) is 0.388. The van der Waals surface area contributed by atoms with E-state index in [-0.39, 0.29) is 17.1 Å². The summed E-state index contributed by atoms with van der Waals surface area (Å²) in [6.45, 7) is 6.19. The normalized spacial score (nSPS) is 12.6. The number of hydrogen-bond donors (Lipinski definition) is 2. The maximum atomic E-state index is 14.0. The standard InChI is InChI=1S/C25H24FN7O4/c1-5-33-14(3)19(11-28-33)20(18-7-6-16(26)8-15(18)9-27)13(2)23-31-21(22(34)25(36)32(23)4)24(35)30-17-10-29-37-12-17/h6-8,10-13,20,34H,5H2,1-4H3,(H,30,35)/t13-,20+/m0/s1. The Morgan fingerprint density at radius 3 is 2.70 bits per heavy atom. The van der Waals surface area contributed by atoms with Crippen LogP contribution in [0.5, 0.6) is 5.75 Å². The van der Waals surface area contributed by atoms with Gasteiger partial charge in [-0.1, -0.05) is 18.1 Å². The summed E-state index contributed by atoms with van der Waals surface area (Å²) in [5.41, 5.74) is 1.10. The molecule has 2 N–H and O–H groups in total. The molecule has 0 bridgehead atoms. The van der Waals surface area contributed by atoms with Crippen LogP contribution in [0.15, 0.2) is 46.2 Å². The highest BCUT2D eigenvalue weighted by atomic mass is 19.1. The highest BCUT2D eigenvalue weighted by molar-refractivity contribution is 6.04. The lowest BCUT2D eigenvalue weighted by Crippen LogP contribution is -2.29. The third-order valence-corrected chi connectivity index (χ3v) is 6.36. The zero-order chi connectivity index (χ0) is 26.9. The van der Waals surface area contributed by atoms with E-state index in [4.69, 9.17) is 4.52 Å². The van der Waals surface area contributed by atoms with Gasteiger partial charge in [0.15, 0.2) is 5.69 Å². The molecule has 3 heterocycles. The van der Waals surface area contributed by atoms with E-state index in [0.29, 0.717) is 12.1 Å². The van der Waals surface area contributed by atoms with E-state index in [1.54, 1.807) is 17.8 Å². The van der Waals surface area contributed by atoms with Crippen LogP contribution in [0.2, 0.25) is 0 Å². The molecule has 0 radical (unpaired) electrons. The number of aryl methyl sites for hydroxylation is 1. The zero-order valence-electron chi connectivity index (χ0n) is 20.6. The smallest absolute Gasteiger partial charge is 0.296 e. The summed E-state index contributed by atoms with van der Waals surface area (Å²) in [5.74, 6) is -3.26. The number of aromatic nitrogens is 5. The molecule has 37 heavy (non-hydrogen) atoms. The average molecular weight is 506 g/mol. The lowest BCUT2D eigenvalue weighted by molar-refractivity contribution is 0.101. The van der Waals surface area contributed by atoms with Crippen LogP contribution >= 0.6 is 0 Å². The fourth-order valence-corrected chi connectivity index (χ4v) is 4.47. The van der Waals surface area contributed by atoms with Crippen molar-refractivity contribution < 1.29 is 18.8 Å². The summed E-state index contributed by atoms with van der Waals surface area (Å²) in [6, 6.07) is 5.98. The number of nitrogens with zero attached hydrogens (tertiary/aromatic N) is 6. The van der Waals surface area contributed by atoms with Gasteiger partial charge in [0.25, 0.3) is 11.5 Å². The molecule has 2 atom stereocenters. The number of rotatable bonds is 7. The molecule has 0 saturated carbocycles. The van der Waals surface area contributed by atoms with Gasteiger partial charge in [-0.2, -0.15) is 10.4 Å². The van der Waals surface area contributed by atoms with Crippen LogP contribution < -0.4 is 10.9 Å². The Balaban J connectivity index is 1.90. The monoisotopic (exact) mass is 505 g/mol. The Kier molecular flexibility index (Phi) is 6.88. The predicted octanol–water partition coefficient (Wildman–Crippen LogP) is 3.20. The summed E-state index contributed by atoms with van der Waals surface area (Å²) >= 11 is 0. The molecular formula is C25H24FN7O4. The number of hydrogen-bond acceptors (Lipinski definition) is 8. The third kappa shape index (κ3) is 4.58. The first-order valence-electron chi connectivity index (χ1n) is 11.4.